The fourth-order valence-corrected chi connectivity index (χ4v) is 3.86. The molecule has 1 aromatic carbocycles. The van der Waals surface area contributed by atoms with Crippen LogP contribution in [-0.4, -0.2) is 44.8 Å². The van der Waals surface area contributed by atoms with Crippen molar-refractivity contribution in [3.8, 4) is 0 Å². The summed E-state index contributed by atoms with van der Waals surface area (Å²) in [6.45, 7) is 2.71. The van der Waals surface area contributed by atoms with Crippen molar-refractivity contribution in [2.24, 2.45) is 7.05 Å². The average Bonchev–Trinajstić information content (AvgIpc) is 3.47. The van der Waals surface area contributed by atoms with Gasteiger partial charge in [0, 0.05) is 25.6 Å². The molecule has 27 heavy (non-hydrogen) atoms. The fraction of sp³-hybridized carbons (Fsp3) is 0.550. The summed E-state index contributed by atoms with van der Waals surface area (Å²) in [5.41, 5.74) is 1.12. The van der Waals surface area contributed by atoms with Gasteiger partial charge >= 0.3 is 5.69 Å². The second kappa shape index (κ2) is 7.68. The first-order valence-corrected chi connectivity index (χ1v) is 9.80. The van der Waals surface area contributed by atoms with Crippen molar-refractivity contribution in [2.75, 3.05) is 19.6 Å². The number of amides is 1. The lowest BCUT2D eigenvalue weighted by atomic mass is 9.96. The fourth-order valence-electron chi connectivity index (χ4n) is 3.86. The van der Waals surface area contributed by atoms with Gasteiger partial charge in [0.05, 0.1) is 6.54 Å². The van der Waals surface area contributed by atoms with Gasteiger partial charge in [-0.05, 0) is 44.3 Å². The lowest BCUT2D eigenvalue weighted by Gasteiger charge is -2.31. The van der Waals surface area contributed by atoms with E-state index in [4.69, 9.17) is 0 Å². The molecular formula is C20H27N5O2. The number of rotatable bonds is 6. The van der Waals surface area contributed by atoms with Gasteiger partial charge in [0.25, 0.3) is 0 Å². The second-order valence-electron chi connectivity index (χ2n) is 7.68. The molecule has 1 saturated carbocycles. The van der Waals surface area contributed by atoms with Gasteiger partial charge in [0.1, 0.15) is 5.82 Å². The number of aromatic nitrogens is 3. The van der Waals surface area contributed by atoms with Gasteiger partial charge in [-0.3, -0.25) is 14.3 Å². The minimum atomic E-state index is 0.00946. The maximum atomic E-state index is 12.3. The second-order valence-corrected chi connectivity index (χ2v) is 7.68. The highest BCUT2D eigenvalue weighted by Gasteiger charge is 2.33. The zero-order chi connectivity index (χ0) is 18.8. The molecule has 7 heteroatoms. The molecule has 0 unspecified atom stereocenters. The molecule has 144 valence electrons. The Balaban J connectivity index is 1.29. The van der Waals surface area contributed by atoms with Crippen LogP contribution in [0.25, 0.3) is 0 Å². The third-order valence-electron chi connectivity index (χ3n) is 5.55. The van der Waals surface area contributed by atoms with E-state index in [-0.39, 0.29) is 11.6 Å². The van der Waals surface area contributed by atoms with E-state index < -0.39 is 0 Å². The van der Waals surface area contributed by atoms with E-state index in [0.29, 0.717) is 25.0 Å². The first-order chi connectivity index (χ1) is 13.1. The summed E-state index contributed by atoms with van der Waals surface area (Å²) >= 11 is 0. The van der Waals surface area contributed by atoms with Gasteiger partial charge < -0.3 is 5.32 Å². The minimum absolute atomic E-state index is 0.00946. The molecule has 1 N–H and O–H groups in total. The Morgan fingerprint density at radius 1 is 1.15 bits per heavy atom. The van der Waals surface area contributed by atoms with Crippen molar-refractivity contribution < 1.29 is 4.79 Å². The number of carbonyl (C=O) groups is 1. The molecule has 2 heterocycles. The topological polar surface area (TPSA) is 72.2 Å². The number of carbonyl (C=O) groups excluding carboxylic acids is 1. The average molecular weight is 369 g/mol. The smallest absolute Gasteiger partial charge is 0.345 e. The number of likely N-dealkylation sites (tertiary alicyclic amines) is 1. The van der Waals surface area contributed by atoms with Crippen LogP contribution in [0.1, 0.15) is 49.0 Å². The van der Waals surface area contributed by atoms with Crippen LogP contribution in [0.4, 0.5) is 0 Å². The van der Waals surface area contributed by atoms with Crippen LogP contribution in [0, 0.1) is 0 Å². The highest BCUT2D eigenvalue weighted by atomic mass is 16.2. The third kappa shape index (κ3) is 4.13. The van der Waals surface area contributed by atoms with Gasteiger partial charge in [-0.15, -0.1) is 0 Å². The molecule has 0 bridgehead atoms. The molecule has 1 aromatic heterocycles. The standard InChI is InChI=1S/C20H27N5O2/c1-23-20(27)25(17-7-8-17)19(22-23)16-9-11-24(12-10-16)14-18(26)21-13-15-5-3-2-4-6-15/h2-6,16-17H,7-14H2,1H3,(H,21,26). The number of hydrogen-bond donors (Lipinski definition) is 1. The van der Waals surface area contributed by atoms with Crippen LogP contribution < -0.4 is 11.0 Å². The summed E-state index contributed by atoms with van der Waals surface area (Å²) in [5.74, 6) is 1.31. The molecule has 0 atom stereocenters. The quantitative estimate of drug-likeness (QED) is 0.836. The van der Waals surface area contributed by atoms with Gasteiger partial charge in [-0.2, -0.15) is 5.10 Å². The minimum Gasteiger partial charge on any atom is -0.351 e. The summed E-state index contributed by atoms with van der Waals surface area (Å²) in [6.07, 6.45) is 4.04. The summed E-state index contributed by atoms with van der Waals surface area (Å²) in [7, 11) is 1.73. The Morgan fingerprint density at radius 2 is 1.85 bits per heavy atom. The molecular weight excluding hydrogens is 342 g/mol. The van der Waals surface area contributed by atoms with Crippen LogP contribution in [0.2, 0.25) is 0 Å². The van der Waals surface area contributed by atoms with Crippen LogP contribution in [-0.2, 0) is 18.4 Å². The van der Waals surface area contributed by atoms with E-state index in [1.165, 1.54) is 4.68 Å². The van der Waals surface area contributed by atoms with Crippen LogP contribution in [0.5, 0.6) is 0 Å². The highest BCUT2D eigenvalue weighted by Crippen LogP contribution is 2.37. The van der Waals surface area contributed by atoms with E-state index in [0.717, 1.165) is 50.2 Å². The number of aryl methyl sites for hydroxylation is 1. The van der Waals surface area contributed by atoms with Gasteiger partial charge in [-0.25, -0.2) is 9.48 Å². The Hall–Kier alpha value is -2.41. The van der Waals surface area contributed by atoms with Gasteiger partial charge in [0.15, 0.2) is 0 Å². The number of nitrogens with one attached hydrogen (secondary N) is 1. The summed E-state index contributed by atoms with van der Waals surface area (Å²) in [5, 5.41) is 7.50. The van der Waals surface area contributed by atoms with Crippen LogP contribution in [0.3, 0.4) is 0 Å². The molecule has 2 aromatic rings. The monoisotopic (exact) mass is 369 g/mol. The van der Waals surface area contributed by atoms with E-state index >= 15 is 0 Å². The first kappa shape index (κ1) is 18.0. The maximum Gasteiger partial charge on any atom is 0.345 e. The Morgan fingerprint density at radius 3 is 2.52 bits per heavy atom. The number of piperidine rings is 1. The molecule has 1 aliphatic carbocycles. The van der Waals surface area contributed by atoms with E-state index in [9.17, 15) is 9.59 Å². The predicted molar refractivity (Wildman–Crippen MR) is 102 cm³/mol. The van der Waals surface area contributed by atoms with Crippen molar-refractivity contribution in [2.45, 2.75) is 44.2 Å². The summed E-state index contributed by atoms with van der Waals surface area (Å²) in [6, 6.07) is 10.3. The molecule has 0 radical (unpaired) electrons. The normalized spacial score (nSPS) is 18.6. The number of nitrogens with zero attached hydrogens (tertiary/aromatic N) is 4. The van der Waals surface area contributed by atoms with E-state index in [1.807, 2.05) is 34.9 Å². The summed E-state index contributed by atoms with van der Waals surface area (Å²) < 4.78 is 3.38. The first-order valence-electron chi connectivity index (χ1n) is 9.80. The number of benzene rings is 1. The highest BCUT2D eigenvalue weighted by molar-refractivity contribution is 5.78. The Bertz CT molecular complexity index is 845. The zero-order valence-electron chi connectivity index (χ0n) is 15.8. The SMILES string of the molecule is Cn1nc(C2CCN(CC(=O)NCc3ccccc3)CC2)n(C2CC2)c1=O. The zero-order valence-corrected chi connectivity index (χ0v) is 15.8. The van der Waals surface area contributed by atoms with E-state index in [2.05, 4.69) is 15.3 Å². The van der Waals surface area contributed by atoms with Crippen molar-refractivity contribution >= 4 is 5.91 Å². The van der Waals surface area contributed by atoms with E-state index in [1.54, 1.807) is 7.05 Å². The number of hydrogen-bond acceptors (Lipinski definition) is 4. The third-order valence-corrected chi connectivity index (χ3v) is 5.55. The van der Waals surface area contributed by atoms with Gasteiger partial charge in [-0.1, -0.05) is 30.3 Å². The molecule has 1 amide bonds. The lowest BCUT2D eigenvalue weighted by Crippen LogP contribution is -2.41. The molecule has 2 aliphatic rings. The molecule has 7 nitrogen and oxygen atoms in total. The van der Waals surface area contributed by atoms with Crippen molar-refractivity contribution in [1.82, 2.24) is 24.6 Å². The molecule has 1 aliphatic heterocycles. The van der Waals surface area contributed by atoms with Crippen molar-refractivity contribution in [3.05, 3.63) is 52.2 Å². The Kier molecular flexibility index (Phi) is 5.11. The lowest BCUT2D eigenvalue weighted by molar-refractivity contribution is -0.122. The molecule has 2 fully saturated rings. The molecule has 0 spiro atoms. The maximum absolute atomic E-state index is 12.3. The molecule has 1 saturated heterocycles. The van der Waals surface area contributed by atoms with Crippen LogP contribution >= 0.6 is 0 Å². The van der Waals surface area contributed by atoms with Crippen LogP contribution in [0.15, 0.2) is 35.1 Å². The Labute approximate surface area is 159 Å². The molecule has 4 rings (SSSR count). The van der Waals surface area contributed by atoms with Crippen molar-refractivity contribution in [3.63, 3.8) is 0 Å². The predicted octanol–water partition coefficient (Wildman–Crippen LogP) is 1.41. The van der Waals surface area contributed by atoms with Crippen molar-refractivity contribution in [1.29, 1.82) is 0 Å². The summed E-state index contributed by atoms with van der Waals surface area (Å²) in [4.78, 5) is 26.7. The van der Waals surface area contributed by atoms with Gasteiger partial charge in [0.2, 0.25) is 5.91 Å². The largest absolute Gasteiger partial charge is 0.351 e.